The number of aryl methyl sites for hydroxylation is 1. The van der Waals surface area contributed by atoms with E-state index in [1.165, 1.54) is 47.8 Å². The lowest BCUT2D eigenvalue weighted by Crippen LogP contribution is -2.46. The number of para-hydroxylation sites is 3. The van der Waals surface area contributed by atoms with Gasteiger partial charge in [-0.05, 0) is 139 Å². The third-order valence-corrected chi connectivity index (χ3v) is 18.9. The van der Waals surface area contributed by atoms with Crippen LogP contribution in [-0.2, 0) is 32.8 Å². The smallest absolute Gasteiger partial charge is 0.269 e. The van der Waals surface area contributed by atoms with Crippen molar-refractivity contribution in [2.45, 2.75) is 39.7 Å². The molecule has 0 spiro atoms. The summed E-state index contributed by atoms with van der Waals surface area (Å²) in [6, 6.07) is 59.5. The molecular formula is C79H82F3N17O8. The highest BCUT2D eigenvalue weighted by Gasteiger charge is 2.26. The monoisotopic (exact) mass is 1450 g/mol. The SMILES string of the molecule is COc1ccccc1N1CCN(Cc2nc(-c3ccc(F)cc3)no2)CC1.Cc1ccccc1-c1noc(CN2CCN(c3ccc([N+](=O)[O-])cc3)CC2)n1.Fc1ccc(-c2noc(CN3CCN(c4ccccc4)CC3)n2)cc1.OCc1ccc(N2CCN(Cc3nc(-c4ccc(F)cc4)no3)CC2)cc1. The van der Waals surface area contributed by atoms with Gasteiger partial charge in [-0.1, -0.05) is 87.4 Å². The van der Waals surface area contributed by atoms with E-state index in [1.807, 2.05) is 79.7 Å². The number of hydrogen-bond donors (Lipinski definition) is 1. The van der Waals surface area contributed by atoms with Crippen LogP contribution in [0.4, 0.5) is 41.6 Å². The lowest BCUT2D eigenvalue weighted by atomic mass is 10.1. The number of aromatic nitrogens is 8. The van der Waals surface area contributed by atoms with Crippen molar-refractivity contribution in [3.05, 3.63) is 262 Å². The predicted molar refractivity (Wildman–Crippen MR) is 398 cm³/mol. The molecule has 8 aromatic carbocycles. The molecule has 4 aliphatic rings. The van der Waals surface area contributed by atoms with E-state index in [4.69, 9.17) is 27.9 Å². The highest BCUT2D eigenvalue weighted by Crippen LogP contribution is 2.30. The highest BCUT2D eigenvalue weighted by atomic mass is 19.1. The van der Waals surface area contributed by atoms with Crippen LogP contribution in [0.3, 0.4) is 0 Å². The Morgan fingerprint density at radius 3 is 1.12 bits per heavy atom. The van der Waals surface area contributed by atoms with E-state index in [9.17, 15) is 23.3 Å². The van der Waals surface area contributed by atoms with E-state index < -0.39 is 0 Å². The molecule has 0 amide bonds. The molecule has 4 aromatic heterocycles. The molecule has 0 bridgehead atoms. The fourth-order valence-electron chi connectivity index (χ4n) is 12.9. The molecule has 4 aliphatic heterocycles. The molecule has 0 atom stereocenters. The van der Waals surface area contributed by atoms with Gasteiger partial charge in [-0.3, -0.25) is 29.7 Å². The van der Waals surface area contributed by atoms with E-state index in [2.05, 4.69) is 110 Å². The summed E-state index contributed by atoms with van der Waals surface area (Å²) in [4.78, 5) is 46.6. The van der Waals surface area contributed by atoms with Crippen molar-refractivity contribution in [2.75, 3.05) is 131 Å². The number of rotatable bonds is 19. The number of aliphatic hydroxyl groups is 1. The molecule has 12 aromatic rings. The number of piperazine rings is 4. The Hall–Kier alpha value is -11.7. The largest absolute Gasteiger partial charge is 0.495 e. The standard InChI is InChI=1S/2C20H21FN4O2.C20H21N5O3.C19H19FN4O/c21-17-5-3-16(4-6-17)20-22-19(27-23-20)13-24-9-11-25(12-10-24)18-7-1-15(14-26)2-8-18;1-26-18-5-3-2-4-17(18)25-12-10-24(11-13-25)14-19-22-20(23-27-19)15-6-8-16(21)9-7-15;1-15-4-2-3-5-18(15)20-21-19(28-22-20)14-23-10-12-24(13-11-23)16-6-8-17(9-7-16)25(26)27;20-16-8-6-15(7-9-16)19-21-18(25-22-19)14-23-10-12-24(13-11-23)17-4-2-1-3-5-17/h1-8,26H,9-14H2;2-9H,10-14H2,1H3;2-9H,10-14H2,1H3;1-9H,10-14H2. The number of benzene rings is 8. The number of ether oxygens (including phenoxy) is 1. The first kappa shape index (κ1) is 73.6. The second-order valence-electron chi connectivity index (χ2n) is 26.0. The molecule has 1 N–H and O–H groups in total. The van der Waals surface area contributed by atoms with Crippen LogP contribution in [0.15, 0.2) is 218 Å². The number of halogens is 3. The number of methoxy groups -OCH3 is 1. The van der Waals surface area contributed by atoms with E-state index in [0.717, 1.165) is 155 Å². The van der Waals surface area contributed by atoms with Gasteiger partial charge in [-0.2, -0.15) is 19.9 Å². The molecule has 0 radical (unpaired) electrons. The van der Waals surface area contributed by atoms with Crippen molar-refractivity contribution in [1.82, 2.24) is 60.2 Å². The zero-order chi connectivity index (χ0) is 73.9. The van der Waals surface area contributed by atoms with Gasteiger partial charge in [0.05, 0.1) is 50.5 Å². The summed E-state index contributed by atoms with van der Waals surface area (Å²) in [5, 5.41) is 36.0. The summed E-state index contributed by atoms with van der Waals surface area (Å²) < 4.78 is 66.0. The molecule has 25 nitrogen and oxygen atoms in total. The third kappa shape index (κ3) is 20.0. The Balaban J connectivity index is 0.000000126. The van der Waals surface area contributed by atoms with E-state index >= 15 is 0 Å². The third-order valence-electron chi connectivity index (χ3n) is 18.9. The van der Waals surface area contributed by atoms with Crippen LogP contribution < -0.4 is 24.3 Å². The maximum Gasteiger partial charge on any atom is 0.269 e. The normalized spacial score (nSPS) is 15.2. The van der Waals surface area contributed by atoms with Gasteiger partial charge in [0.25, 0.3) is 5.69 Å². The summed E-state index contributed by atoms with van der Waals surface area (Å²) in [7, 11) is 1.70. The Labute approximate surface area is 616 Å². The van der Waals surface area contributed by atoms with Crippen LogP contribution in [-0.4, -0.2) is 182 Å². The second-order valence-corrected chi connectivity index (χ2v) is 26.0. The summed E-state index contributed by atoms with van der Waals surface area (Å²) in [6.45, 7) is 19.0. The predicted octanol–water partition coefficient (Wildman–Crippen LogP) is 12.4. The van der Waals surface area contributed by atoms with Crippen molar-refractivity contribution in [3.63, 3.8) is 0 Å². The minimum Gasteiger partial charge on any atom is -0.495 e. The number of non-ortho nitro benzene ring substituents is 1. The minimum atomic E-state index is -0.378. The van der Waals surface area contributed by atoms with Crippen molar-refractivity contribution >= 4 is 28.4 Å². The average Bonchev–Trinajstić information content (AvgIpc) is 1.61. The molecule has 0 unspecified atom stereocenters. The molecule has 4 saturated heterocycles. The van der Waals surface area contributed by atoms with Gasteiger partial charge in [-0.15, -0.1) is 0 Å². The number of nitro benzene ring substituents is 1. The zero-order valence-electron chi connectivity index (χ0n) is 59.4. The van der Waals surface area contributed by atoms with Crippen LogP contribution >= 0.6 is 0 Å². The number of aliphatic hydroxyl groups excluding tert-OH is 1. The van der Waals surface area contributed by atoms with Gasteiger partial charge >= 0.3 is 0 Å². The zero-order valence-corrected chi connectivity index (χ0v) is 59.4. The number of nitrogens with zero attached hydrogens (tertiary/aromatic N) is 17. The van der Waals surface area contributed by atoms with Gasteiger partial charge in [-0.25, -0.2) is 13.2 Å². The van der Waals surface area contributed by atoms with Gasteiger partial charge in [0.1, 0.15) is 23.2 Å². The molecule has 552 valence electrons. The summed E-state index contributed by atoms with van der Waals surface area (Å²) >= 11 is 0. The van der Waals surface area contributed by atoms with Crippen molar-refractivity contribution in [2.24, 2.45) is 0 Å². The van der Waals surface area contributed by atoms with Crippen LogP contribution in [0.25, 0.3) is 45.6 Å². The Kier molecular flexibility index (Phi) is 24.7. The first-order chi connectivity index (χ1) is 52.3. The average molecular weight is 1450 g/mol. The molecule has 8 heterocycles. The molecule has 16 rings (SSSR count). The van der Waals surface area contributed by atoms with E-state index in [1.54, 1.807) is 67.8 Å². The topological polar surface area (TPSA) is 254 Å². The maximum absolute atomic E-state index is 13.0. The number of nitro groups is 1. The summed E-state index contributed by atoms with van der Waals surface area (Å²) in [6.07, 6.45) is 0. The van der Waals surface area contributed by atoms with Crippen LogP contribution in [0.1, 0.15) is 34.7 Å². The first-order valence-electron chi connectivity index (χ1n) is 35.5. The van der Waals surface area contributed by atoms with E-state index in [0.29, 0.717) is 73.0 Å². The Morgan fingerprint density at radius 2 is 0.738 bits per heavy atom. The fourth-order valence-corrected chi connectivity index (χ4v) is 12.9. The lowest BCUT2D eigenvalue weighted by molar-refractivity contribution is -0.384. The van der Waals surface area contributed by atoms with Crippen molar-refractivity contribution in [1.29, 1.82) is 0 Å². The lowest BCUT2D eigenvalue weighted by Gasteiger charge is -2.35. The van der Waals surface area contributed by atoms with E-state index in [-0.39, 0.29) is 34.7 Å². The maximum atomic E-state index is 13.0. The second kappa shape index (κ2) is 35.9. The van der Waals surface area contributed by atoms with Crippen molar-refractivity contribution < 1.29 is 46.0 Å². The minimum absolute atomic E-state index is 0.0676. The molecule has 107 heavy (non-hydrogen) atoms. The van der Waals surface area contributed by atoms with Gasteiger partial charge in [0.15, 0.2) is 0 Å². The van der Waals surface area contributed by atoms with Gasteiger partial charge < -0.3 is 47.5 Å². The Morgan fingerprint density at radius 1 is 0.402 bits per heavy atom. The van der Waals surface area contributed by atoms with Gasteiger partial charge in [0.2, 0.25) is 46.9 Å². The number of anilines is 4. The molecule has 4 fully saturated rings. The molecular weight excluding hydrogens is 1370 g/mol. The highest BCUT2D eigenvalue weighted by molar-refractivity contribution is 5.61. The van der Waals surface area contributed by atoms with Crippen LogP contribution in [0, 0.1) is 34.5 Å². The summed E-state index contributed by atoms with van der Waals surface area (Å²) in [5.74, 6) is 4.47. The molecule has 0 aliphatic carbocycles. The van der Waals surface area contributed by atoms with Gasteiger partial charge in [0, 0.05) is 156 Å². The fraction of sp³-hybridized carbons (Fsp3) is 0.291. The quantitative estimate of drug-likeness (QED) is 0.0583. The first-order valence-corrected chi connectivity index (χ1v) is 35.5. The van der Waals surface area contributed by atoms with Crippen molar-refractivity contribution in [3.8, 4) is 51.3 Å². The van der Waals surface area contributed by atoms with Crippen LogP contribution in [0.5, 0.6) is 5.75 Å². The Bertz CT molecular complexity index is 4730. The van der Waals surface area contributed by atoms with Crippen LogP contribution in [0.2, 0.25) is 0 Å². The summed E-state index contributed by atoms with van der Waals surface area (Å²) in [5.41, 5.74) is 9.93. The molecule has 28 heteroatoms. The molecule has 0 saturated carbocycles. The number of hydrogen-bond acceptors (Lipinski definition) is 24.